The number of carbonyl (C=O) groups excluding carboxylic acids is 1. The Bertz CT molecular complexity index is 389. The van der Waals surface area contributed by atoms with Gasteiger partial charge >= 0.3 is 5.97 Å². The summed E-state index contributed by atoms with van der Waals surface area (Å²) in [5.74, 6) is -2.69. The summed E-state index contributed by atoms with van der Waals surface area (Å²) in [5, 5.41) is 39.6. The van der Waals surface area contributed by atoms with Crippen LogP contribution >= 0.6 is 0 Å². The fraction of sp³-hybridized carbons (Fsp3) is 0.727. The molecule has 1 saturated carbocycles. The maximum Gasteiger partial charge on any atom is 0.337 e. The van der Waals surface area contributed by atoms with E-state index in [1.54, 1.807) is 0 Å². The number of hydrogen-bond donors (Lipinski definition) is 4. The van der Waals surface area contributed by atoms with Crippen molar-refractivity contribution in [2.24, 2.45) is 11.8 Å². The highest BCUT2D eigenvalue weighted by Gasteiger charge is 2.62. The van der Waals surface area contributed by atoms with E-state index in [-0.39, 0.29) is 5.57 Å². The van der Waals surface area contributed by atoms with E-state index in [1.807, 2.05) is 0 Å². The van der Waals surface area contributed by atoms with Crippen LogP contribution in [0.2, 0.25) is 0 Å². The SMILES string of the molecule is COC(=O)C1=CO[C@@H](O)[C@H]2[C@@H]1[C@H](O)[C@H](O)[C@]2(C)O. The van der Waals surface area contributed by atoms with Gasteiger partial charge in [0.2, 0.25) is 6.29 Å². The van der Waals surface area contributed by atoms with Crippen LogP contribution in [0.3, 0.4) is 0 Å². The van der Waals surface area contributed by atoms with E-state index in [0.29, 0.717) is 0 Å². The van der Waals surface area contributed by atoms with Gasteiger partial charge in [-0.3, -0.25) is 0 Å². The predicted molar refractivity (Wildman–Crippen MR) is 56.8 cm³/mol. The van der Waals surface area contributed by atoms with E-state index in [1.165, 1.54) is 14.0 Å². The third kappa shape index (κ3) is 1.63. The zero-order chi connectivity index (χ0) is 13.7. The van der Waals surface area contributed by atoms with E-state index < -0.39 is 41.9 Å². The Morgan fingerprint density at radius 2 is 2.06 bits per heavy atom. The molecule has 0 aromatic heterocycles. The third-order valence-electron chi connectivity index (χ3n) is 3.77. The van der Waals surface area contributed by atoms with E-state index in [0.717, 1.165) is 6.26 Å². The summed E-state index contributed by atoms with van der Waals surface area (Å²) in [6.45, 7) is 1.28. The van der Waals surface area contributed by atoms with Gasteiger partial charge in [-0.15, -0.1) is 0 Å². The summed E-state index contributed by atoms with van der Waals surface area (Å²) < 4.78 is 9.41. The first-order valence-electron chi connectivity index (χ1n) is 5.52. The minimum absolute atomic E-state index is 0.0166. The van der Waals surface area contributed by atoms with Crippen molar-refractivity contribution in [3.63, 3.8) is 0 Å². The maximum absolute atomic E-state index is 11.6. The monoisotopic (exact) mass is 260 g/mol. The van der Waals surface area contributed by atoms with Gasteiger partial charge in [-0.25, -0.2) is 4.79 Å². The van der Waals surface area contributed by atoms with Crippen LogP contribution in [0, 0.1) is 11.8 Å². The number of ether oxygens (including phenoxy) is 2. The molecule has 6 atom stereocenters. The first kappa shape index (κ1) is 13.3. The summed E-state index contributed by atoms with van der Waals surface area (Å²) >= 11 is 0. The Labute approximate surface area is 103 Å². The van der Waals surface area contributed by atoms with Crippen LogP contribution in [0.15, 0.2) is 11.8 Å². The zero-order valence-corrected chi connectivity index (χ0v) is 9.98. The molecule has 0 spiro atoms. The average Bonchev–Trinajstić information content (AvgIpc) is 2.51. The molecule has 1 heterocycles. The van der Waals surface area contributed by atoms with Crippen LogP contribution in [0.5, 0.6) is 0 Å². The molecule has 2 aliphatic rings. The number of fused-ring (bicyclic) bond motifs is 1. The Hall–Kier alpha value is -1.15. The highest BCUT2D eigenvalue weighted by molar-refractivity contribution is 5.89. The Morgan fingerprint density at radius 1 is 1.44 bits per heavy atom. The van der Waals surface area contributed by atoms with Gasteiger partial charge in [-0.2, -0.15) is 0 Å². The van der Waals surface area contributed by atoms with Gasteiger partial charge in [0.25, 0.3) is 0 Å². The minimum Gasteiger partial charge on any atom is -0.472 e. The normalized spacial score (nSPS) is 47.0. The van der Waals surface area contributed by atoms with Crippen molar-refractivity contribution >= 4 is 5.97 Å². The van der Waals surface area contributed by atoms with Crippen molar-refractivity contribution in [2.45, 2.75) is 31.0 Å². The summed E-state index contributed by atoms with van der Waals surface area (Å²) in [6.07, 6.45) is -3.29. The number of carbonyl (C=O) groups is 1. The lowest BCUT2D eigenvalue weighted by Gasteiger charge is -2.36. The maximum atomic E-state index is 11.6. The van der Waals surface area contributed by atoms with Crippen molar-refractivity contribution in [2.75, 3.05) is 7.11 Å². The molecular weight excluding hydrogens is 244 g/mol. The fourth-order valence-electron chi connectivity index (χ4n) is 2.77. The molecule has 1 aliphatic heterocycles. The second kappa shape index (κ2) is 4.20. The van der Waals surface area contributed by atoms with Crippen LogP contribution in [0.1, 0.15) is 6.92 Å². The lowest BCUT2D eigenvalue weighted by molar-refractivity contribution is -0.179. The first-order valence-corrected chi connectivity index (χ1v) is 5.52. The lowest BCUT2D eigenvalue weighted by Crippen LogP contribution is -2.48. The molecule has 4 N–H and O–H groups in total. The molecular formula is C11H16O7. The summed E-state index contributed by atoms with van der Waals surface area (Å²) in [5.41, 5.74) is -1.78. The van der Waals surface area contributed by atoms with Gasteiger partial charge in [0.1, 0.15) is 6.10 Å². The molecule has 0 saturated heterocycles. The molecule has 0 unspecified atom stereocenters. The standard InChI is InChI=1S/C11H16O7/c1-11(16)6-5(7(12)8(11)13)4(9(14)17-2)3-18-10(6)15/h3,5-8,10,12-13,15-16H,1-2H3/t5-,6-,7+,8+,10-,11-/m1/s1. The lowest BCUT2D eigenvalue weighted by atomic mass is 9.81. The van der Waals surface area contributed by atoms with Gasteiger partial charge in [0, 0.05) is 5.92 Å². The van der Waals surface area contributed by atoms with Crippen LogP contribution in [0.25, 0.3) is 0 Å². The van der Waals surface area contributed by atoms with Crippen molar-refractivity contribution in [3.8, 4) is 0 Å². The number of esters is 1. The second-order valence-electron chi connectivity index (χ2n) is 4.80. The van der Waals surface area contributed by atoms with Gasteiger partial charge in [0.15, 0.2) is 0 Å². The van der Waals surface area contributed by atoms with Crippen molar-refractivity contribution in [1.29, 1.82) is 0 Å². The number of methoxy groups -OCH3 is 1. The van der Waals surface area contributed by atoms with Crippen molar-refractivity contribution < 1.29 is 34.7 Å². The molecule has 102 valence electrons. The third-order valence-corrected chi connectivity index (χ3v) is 3.77. The molecule has 1 fully saturated rings. The Kier molecular flexibility index (Phi) is 3.10. The number of rotatable bonds is 1. The number of aliphatic hydroxyl groups is 4. The fourth-order valence-corrected chi connectivity index (χ4v) is 2.77. The molecule has 7 nitrogen and oxygen atoms in total. The second-order valence-corrected chi connectivity index (χ2v) is 4.80. The molecule has 0 aromatic carbocycles. The predicted octanol–water partition coefficient (Wildman–Crippen LogP) is -1.89. The largest absolute Gasteiger partial charge is 0.472 e. The highest BCUT2D eigenvalue weighted by Crippen LogP contribution is 2.48. The highest BCUT2D eigenvalue weighted by atomic mass is 16.6. The summed E-state index contributed by atoms with van der Waals surface area (Å²) in [6, 6.07) is 0. The molecule has 0 bridgehead atoms. The number of aliphatic hydroxyl groups excluding tert-OH is 3. The van der Waals surface area contributed by atoms with Crippen LogP contribution in [-0.2, 0) is 14.3 Å². The molecule has 0 amide bonds. The topological polar surface area (TPSA) is 116 Å². The van der Waals surface area contributed by atoms with E-state index in [9.17, 15) is 25.2 Å². The van der Waals surface area contributed by atoms with Crippen LogP contribution in [0.4, 0.5) is 0 Å². The summed E-state index contributed by atoms with van der Waals surface area (Å²) in [4.78, 5) is 11.6. The van der Waals surface area contributed by atoms with Crippen LogP contribution in [-0.4, -0.2) is 57.6 Å². The molecule has 0 radical (unpaired) electrons. The first-order chi connectivity index (χ1) is 8.32. The Balaban J connectivity index is 2.44. The number of hydrogen-bond acceptors (Lipinski definition) is 7. The Morgan fingerprint density at radius 3 is 2.61 bits per heavy atom. The van der Waals surface area contributed by atoms with E-state index in [4.69, 9.17) is 4.74 Å². The molecule has 7 heteroatoms. The quantitative estimate of drug-likeness (QED) is 0.407. The summed E-state index contributed by atoms with van der Waals surface area (Å²) in [7, 11) is 1.17. The molecule has 18 heavy (non-hydrogen) atoms. The van der Waals surface area contributed by atoms with Gasteiger partial charge in [0.05, 0.1) is 36.6 Å². The molecule has 2 rings (SSSR count). The van der Waals surface area contributed by atoms with Gasteiger partial charge in [-0.05, 0) is 6.92 Å². The van der Waals surface area contributed by atoms with Crippen molar-refractivity contribution in [1.82, 2.24) is 0 Å². The minimum atomic E-state index is -1.77. The molecule has 1 aliphatic carbocycles. The van der Waals surface area contributed by atoms with Crippen LogP contribution < -0.4 is 0 Å². The van der Waals surface area contributed by atoms with Gasteiger partial charge in [-0.1, -0.05) is 0 Å². The average molecular weight is 260 g/mol. The smallest absolute Gasteiger partial charge is 0.337 e. The molecule has 0 aromatic rings. The zero-order valence-electron chi connectivity index (χ0n) is 9.98. The van der Waals surface area contributed by atoms with E-state index in [2.05, 4.69) is 4.74 Å². The van der Waals surface area contributed by atoms with E-state index >= 15 is 0 Å². The van der Waals surface area contributed by atoms with Crippen molar-refractivity contribution in [3.05, 3.63) is 11.8 Å². The van der Waals surface area contributed by atoms with Gasteiger partial charge < -0.3 is 29.9 Å².